The fraction of sp³-hybridized carbons (Fsp3) is 0.400. The number of methoxy groups -OCH3 is 1. The molecule has 0 spiro atoms. The number of thiazole rings is 1. The average molecular weight is 385 g/mol. The smallest absolute Gasteiger partial charge is 0.230 e. The summed E-state index contributed by atoms with van der Waals surface area (Å²) in [5.41, 5.74) is 2.60. The van der Waals surface area contributed by atoms with Crippen molar-refractivity contribution in [2.75, 3.05) is 25.5 Å². The molecule has 1 aliphatic rings. The molecule has 0 radical (unpaired) electrons. The number of anilines is 1. The molecule has 1 amide bonds. The molecule has 7 heteroatoms. The van der Waals surface area contributed by atoms with E-state index in [1.807, 2.05) is 23.6 Å². The second kappa shape index (κ2) is 8.10. The molecule has 1 aliphatic heterocycles. The molecule has 142 valence electrons. The molecule has 0 saturated carbocycles. The predicted octanol–water partition coefficient (Wildman–Crippen LogP) is 4.07. The van der Waals surface area contributed by atoms with Crippen LogP contribution in [-0.4, -0.2) is 36.0 Å². The van der Waals surface area contributed by atoms with E-state index in [9.17, 15) is 4.79 Å². The van der Waals surface area contributed by atoms with Gasteiger partial charge >= 0.3 is 0 Å². The predicted molar refractivity (Wildman–Crippen MR) is 106 cm³/mol. The van der Waals surface area contributed by atoms with Gasteiger partial charge in [-0.2, -0.15) is 0 Å². The second-order valence-corrected chi connectivity index (χ2v) is 7.69. The van der Waals surface area contributed by atoms with E-state index in [1.165, 1.54) is 30.6 Å². The molecule has 0 atom stereocenters. The van der Waals surface area contributed by atoms with Gasteiger partial charge in [0, 0.05) is 28.9 Å². The van der Waals surface area contributed by atoms with Crippen molar-refractivity contribution >= 4 is 33.3 Å². The van der Waals surface area contributed by atoms with Gasteiger partial charge in [0.2, 0.25) is 5.91 Å². The van der Waals surface area contributed by atoms with Gasteiger partial charge in [-0.1, -0.05) is 6.42 Å². The molecule has 4 rings (SSSR count). The Labute approximate surface area is 162 Å². The first kappa shape index (κ1) is 18.0. The number of benzene rings is 1. The number of ether oxygens (including phenoxy) is 1. The highest BCUT2D eigenvalue weighted by Gasteiger charge is 2.15. The first-order valence-electron chi connectivity index (χ1n) is 9.22. The quantitative estimate of drug-likeness (QED) is 0.693. The standard InChI is InChI=1S/C20H23N3O3S/c1-25-16-5-6-17-14(12-26-18(17)10-16)9-19(24)22-20-21-15(13-27-20)11-23-7-3-2-4-8-23/h5-6,10,12-13H,2-4,7-9,11H2,1H3,(H,21,22,24). The third-order valence-electron chi connectivity index (χ3n) is 4.85. The molecule has 1 N–H and O–H groups in total. The highest BCUT2D eigenvalue weighted by Crippen LogP contribution is 2.26. The number of hydrogen-bond donors (Lipinski definition) is 1. The molecule has 3 aromatic rings. The first-order chi connectivity index (χ1) is 13.2. The summed E-state index contributed by atoms with van der Waals surface area (Å²) in [6.45, 7) is 3.13. The van der Waals surface area contributed by atoms with Crippen LogP contribution in [0.15, 0.2) is 34.3 Å². The van der Waals surface area contributed by atoms with E-state index in [4.69, 9.17) is 9.15 Å². The fourth-order valence-electron chi connectivity index (χ4n) is 3.45. The van der Waals surface area contributed by atoms with Gasteiger partial charge in [-0.05, 0) is 38.1 Å². The number of furan rings is 1. The van der Waals surface area contributed by atoms with E-state index in [2.05, 4.69) is 15.2 Å². The number of nitrogens with zero attached hydrogens (tertiary/aromatic N) is 2. The maximum atomic E-state index is 12.4. The van der Waals surface area contributed by atoms with Crippen molar-refractivity contribution in [2.45, 2.75) is 32.2 Å². The van der Waals surface area contributed by atoms with Crippen LogP contribution in [0.25, 0.3) is 11.0 Å². The van der Waals surface area contributed by atoms with Crippen LogP contribution in [0.2, 0.25) is 0 Å². The van der Waals surface area contributed by atoms with Crippen LogP contribution in [0, 0.1) is 0 Å². The van der Waals surface area contributed by atoms with Gasteiger partial charge < -0.3 is 14.5 Å². The van der Waals surface area contributed by atoms with Gasteiger partial charge in [0.1, 0.15) is 11.3 Å². The molecule has 0 bridgehead atoms. The third kappa shape index (κ3) is 4.31. The maximum Gasteiger partial charge on any atom is 0.230 e. The Hall–Kier alpha value is -2.38. The lowest BCUT2D eigenvalue weighted by Crippen LogP contribution is -2.29. The molecule has 27 heavy (non-hydrogen) atoms. The number of likely N-dealkylation sites (tertiary alicyclic amines) is 1. The molecule has 1 fully saturated rings. The lowest BCUT2D eigenvalue weighted by atomic mass is 10.1. The van der Waals surface area contributed by atoms with E-state index < -0.39 is 0 Å². The zero-order chi connectivity index (χ0) is 18.6. The molecule has 0 unspecified atom stereocenters. The highest BCUT2D eigenvalue weighted by molar-refractivity contribution is 7.13. The summed E-state index contributed by atoms with van der Waals surface area (Å²) in [6, 6.07) is 5.61. The zero-order valence-electron chi connectivity index (χ0n) is 15.4. The minimum Gasteiger partial charge on any atom is -0.497 e. The monoisotopic (exact) mass is 385 g/mol. The van der Waals surface area contributed by atoms with Crippen molar-refractivity contribution in [3.05, 3.63) is 41.1 Å². The second-order valence-electron chi connectivity index (χ2n) is 6.83. The Kier molecular flexibility index (Phi) is 5.40. The molecular formula is C20H23N3O3S. The summed E-state index contributed by atoms with van der Waals surface area (Å²) < 4.78 is 10.8. The molecule has 6 nitrogen and oxygen atoms in total. The number of carbonyl (C=O) groups is 1. The van der Waals surface area contributed by atoms with E-state index in [-0.39, 0.29) is 12.3 Å². The normalized spacial score (nSPS) is 15.1. The Bertz CT molecular complexity index is 928. The van der Waals surface area contributed by atoms with Crippen molar-refractivity contribution in [3.63, 3.8) is 0 Å². The van der Waals surface area contributed by atoms with Crippen LogP contribution in [-0.2, 0) is 17.8 Å². The number of fused-ring (bicyclic) bond motifs is 1. The lowest BCUT2D eigenvalue weighted by molar-refractivity contribution is -0.115. The number of aromatic nitrogens is 1. The van der Waals surface area contributed by atoms with Gasteiger partial charge in [0.05, 0.1) is 25.5 Å². The molecule has 2 aromatic heterocycles. The first-order valence-corrected chi connectivity index (χ1v) is 10.1. The summed E-state index contributed by atoms with van der Waals surface area (Å²) in [5.74, 6) is 0.643. The highest BCUT2D eigenvalue weighted by atomic mass is 32.1. The summed E-state index contributed by atoms with van der Waals surface area (Å²) in [5, 5.41) is 6.52. The molecule has 3 heterocycles. The Morgan fingerprint density at radius 1 is 1.33 bits per heavy atom. The summed E-state index contributed by atoms with van der Waals surface area (Å²) >= 11 is 1.48. The van der Waals surface area contributed by atoms with Crippen LogP contribution in [0.4, 0.5) is 5.13 Å². The summed E-state index contributed by atoms with van der Waals surface area (Å²) in [4.78, 5) is 19.4. The lowest BCUT2D eigenvalue weighted by Gasteiger charge is -2.25. The van der Waals surface area contributed by atoms with Crippen LogP contribution >= 0.6 is 11.3 Å². The van der Waals surface area contributed by atoms with E-state index in [1.54, 1.807) is 13.4 Å². The van der Waals surface area contributed by atoms with E-state index in [0.29, 0.717) is 5.13 Å². The van der Waals surface area contributed by atoms with E-state index in [0.717, 1.165) is 47.6 Å². The van der Waals surface area contributed by atoms with Gasteiger partial charge in [-0.15, -0.1) is 11.3 Å². The third-order valence-corrected chi connectivity index (χ3v) is 5.65. The number of hydrogen-bond acceptors (Lipinski definition) is 6. The van der Waals surface area contributed by atoms with Crippen LogP contribution in [0.1, 0.15) is 30.5 Å². The molecule has 1 aromatic carbocycles. The summed E-state index contributed by atoms with van der Waals surface area (Å²) in [6.07, 6.45) is 5.73. The topological polar surface area (TPSA) is 67.6 Å². The van der Waals surface area contributed by atoms with Crippen molar-refractivity contribution in [1.82, 2.24) is 9.88 Å². The number of rotatable bonds is 6. The maximum absolute atomic E-state index is 12.4. The van der Waals surface area contributed by atoms with Crippen molar-refractivity contribution in [3.8, 4) is 5.75 Å². The van der Waals surface area contributed by atoms with E-state index >= 15 is 0 Å². The number of amides is 1. The Morgan fingerprint density at radius 2 is 2.19 bits per heavy atom. The van der Waals surface area contributed by atoms with Crippen LogP contribution in [0.3, 0.4) is 0 Å². The number of nitrogens with one attached hydrogen (secondary N) is 1. The molecule has 1 saturated heterocycles. The Balaban J connectivity index is 1.37. The number of carbonyl (C=O) groups excluding carboxylic acids is 1. The Morgan fingerprint density at radius 3 is 3.00 bits per heavy atom. The molecule has 0 aliphatic carbocycles. The van der Waals surface area contributed by atoms with Crippen LogP contribution in [0.5, 0.6) is 5.75 Å². The largest absolute Gasteiger partial charge is 0.497 e. The fourth-order valence-corrected chi connectivity index (χ4v) is 4.17. The van der Waals surface area contributed by atoms with Gasteiger partial charge in [-0.3, -0.25) is 9.69 Å². The van der Waals surface area contributed by atoms with Crippen molar-refractivity contribution in [2.24, 2.45) is 0 Å². The van der Waals surface area contributed by atoms with Crippen molar-refractivity contribution < 1.29 is 13.9 Å². The molecular weight excluding hydrogens is 362 g/mol. The minimum absolute atomic E-state index is 0.0904. The van der Waals surface area contributed by atoms with Gasteiger partial charge in [-0.25, -0.2) is 4.98 Å². The van der Waals surface area contributed by atoms with Crippen LogP contribution < -0.4 is 10.1 Å². The van der Waals surface area contributed by atoms with Gasteiger partial charge in [0.15, 0.2) is 5.13 Å². The SMILES string of the molecule is COc1ccc2c(CC(=O)Nc3nc(CN4CCCCC4)cs3)coc2c1. The average Bonchev–Trinajstić information content (AvgIpc) is 3.29. The summed E-state index contributed by atoms with van der Waals surface area (Å²) in [7, 11) is 1.62. The number of piperidine rings is 1. The minimum atomic E-state index is -0.0904. The zero-order valence-corrected chi connectivity index (χ0v) is 16.2. The van der Waals surface area contributed by atoms with Crippen molar-refractivity contribution in [1.29, 1.82) is 0 Å². The van der Waals surface area contributed by atoms with Gasteiger partial charge in [0.25, 0.3) is 0 Å².